The highest BCUT2D eigenvalue weighted by molar-refractivity contribution is 5.93. The lowest BCUT2D eigenvalue weighted by atomic mass is 10.1. The van der Waals surface area contributed by atoms with Crippen LogP contribution >= 0.6 is 0 Å². The number of pyridine rings is 1. The summed E-state index contributed by atoms with van der Waals surface area (Å²) in [5.74, 6) is -0.169. The molecule has 1 aromatic heterocycles. The van der Waals surface area contributed by atoms with Gasteiger partial charge in [-0.15, -0.1) is 0 Å². The first kappa shape index (κ1) is 18.6. The Hall–Kier alpha value is -3.14. The van der Waals surface area contributed by atoms with E-state index in [1.807, 2.05) is 49.4 Å². The minimum absolute atomic E-state index is 0.169. The Morgan fingerprint density at radius 3 is 2.41 bits per heavy atom. The number of amides is 1. The maximum Gasteiger partial charge on any atom is 0.270 e. The fourth-order valence-corrected chi connectivity index (χ4v) is 3.00. The van der Waals surface area contributed by atoms with Gasteiger partial charge in [0.05, 0.1) is 0 Å². The van der Waals surface area contributed by atoms with E-state index in [1.165, 1.54) is 11.1 Å². The molecule has 4 heteroatoms. The zero-order chi connectivity index (χ0) is 19.2. The van der Waals surface area contributed by atoms with E-state index in [-0.39, 0.29) is 5.91 Å². The third kappa shape index (κ3) is 4.73. The van der Waals surface area contributed by atoms with Gasteiger partial charge in [-0.2, -0.15) is 0 Å². The lowest BCUT2D eigenvalue weighted by molar-refractivity contribution is 0.0946. The average molecular weight is 359 g/mol. The number of aryl methyl sites for hydroxylation is 2. The van der Waals surface area contributed by atoms with Crippen LogP contribution in [0.3, 0.4) is 0 Å². The SMILES string of the molecule is CCN(c1cccc(C)c1)c1ccnc(C(=O)NCc2ccc(C)cc2)c1. The summed E-state index contributed by atoms with van der Waals surface area (Å²) in [6, 6.07) is 20.3. The number of anilines is 2. The largest absolute Gasteiger partial charge is 0.347 e. The summed E-state index contributed by atoms with van der Waals surface area (Å²) in [5, 5.41) is 2.95. The number of nitrogens with one attached hydrogen (secondary N) is 1. The van der Waals surface area contributed by atoms with E-state index in [1.54, 1.807) is 6.20 Å². The van der Waals surface area contributed by atoms with E-state index in [9.17, 15) is 4.79 Å². The molecule has 0 atom stereocenters. The molecule has 0 saturated carbocycles. The lowest BCUT2D eigenvalue weighted by Crippen LogP contribution is -2.24. The van der Waals surface area contributed by atoms with E-state index in [0.717, 1.165) is 23.5 Å². The number of carbonyl (C=O) groups excluding carboxylic acids is 1. The summed E-state index contributed by atoms with van der Waals surface area (Å²) in [6.45, 7) is 7.51. The van der Waals surface area contributed by atoms with Crippen LogP contribution in [0.15, 0.2) is 66.9 Å². The van der Waals surface area contributed by atoms with Gasteiger partial charge in [-0.1, -0.05) is 42.0 Å². The van der Waals surface area contributed by atoms with Gasteiger partial charge in [0.2, 0.25) is 0 Å². The van der Waals surface area contributed by atoms with Gasteiger partial charge < -0.3 is 10.2 Å². The molecule has 0 aliphatic heterocycles. The van der Waals surface area contributed by atoms with Crippen molar-refractivity contribution in [3.63, 3.8) is 0 Å². The number of nitrogens with zero attached hydrogens (tertiary/aromatic N) is 2. The molecule has 3 aromatic rings. The number of carbonyl (C=O) groups is 1. The maximum atomic E-state index is 12.5. The van der Waals surface area contributed by atoms with Gasteiger partial charge in [0, 0.05) is 30.7 Å². The van der Waals surface area contributed by atoms with Crippen molar-refractivity contribution in [2.75, 3.05) is 11.4 Å². The minimum Gasteiger partial charge on any atom is -0.347 e. The van der Waals surface area contributed by atoms with E-state index in [2.05, 4.69) is 47.2 Å². The summed E-state index contributed by atoms with van der Waals surface area (Å²) < 4.78 is 0. The maximum absolute atomic E-state index is 12.5. The zero-order valence-electron chi connectivity index (χ0n) is 16.1. The van der Waals surface area contributed by atoms with Crippen LogP contribution < -0.4 is 10.2 Å². The van der Waals surface area contributed by atoms with Crippen LogP contribution in [0.1, 0.15) is 34.1 Å². The van der Waals surface area contributed by atoms with Crippen LogP contribution in [0.4, 0.5) is 11.4 Å². The van der Waals surface area contributed by atoms with Gasteiger partial charge in [-0.25, -0.2) is 0 Å². The highest BCUT2D eigenvalue weighted by Crippen LogP contribution is 2.25. The van der Waals surface area contributed by atoms with Crippen LogP contribution in [0.2, 0.25) is 0 Å². The molecular formula is C23H25N3O. The van der Waals surface area contributed by atoms with Gasteiger partial charge in [-0.05, 0) is 56.2 Å². The van der Waals surface area contributed by atoms with Crippen molar-refractivity contribution in [2.24, 2.45) is 0 Å². The molecule has 1 N–H and O–H groups in total. The van der Waals surface area contributed by atoms with Crippen LogP contribution in [-0.4, -0.2) is 17.4 Å². The van der Waals surface area contributed by atoms with Crippen LogP contribution in [0.25, 0.3) is 0 Å². The predicted octanol–water partition coefficient (Wildman–Crippen LogP) is 4.79. The Morgan fingerprint density at radius 2 is 1.70 bits per heavy atom. The van der Waals surface area contributed by atoms with Gasteiger partial charge in [0.25, 0.3) is 5.91 Å². The van der Waals surface area contributed by atoms with Crippen LogP contribution in [0.5, 0.6) is 0 Å². The molecule has 0 spiro atoms. The van der Waals surface area contributed by atoms with Crippen molar-refractivity contribution in [1.82, 2.24) is 10.3 Å². The van der Waals surface area contributed by atoms with E-state index >= 15 is 0 Å². The number of hydrogen-bond acceptors (Lipinski definition) is 3. The van der Waals surface area contributed by atoms with E-state index in [0.29, 0.717) is 12.2 Å². The molecule has 1 heterocycles. The number of hydrogen-bond donors (Lipinski definition) is 1. The monoisotopic (exact) mass is 359 g/mol. The molecule has 1 amide bonds. The van der Waals surface area contributed by atoms with E-state index < -0.39 is 0 Å². The first-order valence-corrected chi connectivity index (χ1v) is 9.21. The van der Waals surface area contributed by atoms with Crippen molar-refractivity contribution in [1.29, 1.82) is 0 Å². The molecule has 0 fully saturated rings. The van der Waals surface area contributed by atoms with E-state index in [4.69, 9.17) is 0 Å². The Bertz CT molecular complexity index is 919. The first-order valence-electron chi connectivity index (χ1n) is 9.21. The number of aromatic nitrogens is 1. The predicted molar refractivity (Wildman–Crippen MR) is 110 cm³/mol. The molecular weight excluding hydrogens is 334 g/mol. The molecule has 3 rings (SSSR count). The van der Waals surface area contributed by atoms with Gasteiger partial charge in [-0.3, -0.25) is 9.78 Å². The molecule has 27 heavy (non-hydrogen) atoms. The molecule has 0 unspecified atom stereocenters. The third-order valence-corrected chi connectivity index (χ3v) is 4.49. The number of rotatable bonds is 6. The second-order valence-electron chi connectivity index (χ2n) is 6.65. The van der Waals surface area contributed by atoms with Gasteiger partial charge >= 0.3 is 0 Å². The highest BCUT2D eigenvalue weighted by Gasteiger charge is 2.12. The first-order chi connectivity index (χ1) is 13.1. The summed E-state index contributed by atoms with van der Waals surface area (Å²) in [6.07, 6.45) is 1.69. The second kappa shape index (κ2) is 8.49. The van der Waals surface area contributed by atoms with Crippen molar-refractivity contribution in [3.05, 3.63) is 89.2 Å². The lowest BCUT2D eigenvalue weighted by Gasteiger charge is -2.24. The van der Waals surface area contributed by atoms with Crippen LogP contribution in [0, 0.1) is 13.8 Å². The summed E-state index contributed by atoms with van der Waals surface area (Å²) >= 11 is 0. The van der Waals surface area contributed by atoms with Crippen molar-refractivity contribution in [2.45, 2.75) is 27.3 Å². The molecule has 0 radical (unpaired) electrons. The number of benzene rings is 2. The Balaban J connectivity index is 1.75. The fourth-order valence-electron chi connectivity index (χ4n) is 3.00. The smallest absolute Gasteiger partial charge is 0.270 e. The van der Waals surface area contributed by atoms with Crippen molar-refractivity contribution >= 4 is 17.3 Å². The molecule has 0 bridgehead atoms. The Morgan fingerprint density at radius 1 is 0.963 bits per heavy atom. The fraction of sp³-hybridized carbons (Fsp3) is 0.217. The molecule has 0 aliphatic carbocycles. The average Bonchev–Trinajstić information content (AvgIpc) is 2.68. The molecule has 4 nitrogen and oxygen atoms in total. The molecule has 0 aliphatic rings. The molecule has 2 aromatic carbocycles. The zero-order valence-corrected chi connectivity index (χ0v) is 16.1. The molecule has 0 saturated heterocycles. The third-order valence-electron chi connectivity index (χ3n) is 4.49. The Kier molecular flexibility index (Phi) is 5.87. The van der Waals surface area contributed by atoms with Gasteiger partial charge in [0.15, 0.2) is 0 Å². The second-order valence-corrected chi connectivity index (χ2v) is 6.65. The van der Waals surface area contributed by atoms with Crippen LogP contribution in [-0.2, 0) is 6.54 Å². The highest BCUT2D eigenvalue weighted by atomic mass is 16.1. The Labute approximate surface area is 160 Å². The standard InChI is InChI=1S/C23H25N3O/c1-4-26(20-7-5-6-18(3)14-20)21-12-13-24-22(15-21)23(27)25-16-19-10-8-17(2)9-11-19/h5-15H,4,16H2,1-3H3,(H,25,27). The summed E-state index contributed by atoms with van der Waals surface area (Å²) in [5.41, 5.74) is 5.96. The summed E-state index contributed by atoms with van der Waals surface area (Å²) in [4.78, 5) is 19.0. The van der Waals surface area contributed by atoms with Crippen molar-refractivity contribution in [3.8, 4) is 0 Å². The van der Waals surface area contributed by atoms with Crippen molar-refractivity contribution < 1.29 is 4.79 Å². The minimum atomic E-state index is -0.169. The quantitative estimate of drug-likeness (QED) is 0.688. The summed E-state index contributed by atoms with van der Waals surface area (Å²) in [7, 11) is 0. The molecule has 138 valence electrons. The topological polar surface area (TPSA) is 45.2 Å². The van der Waals surface area contributed by atoms with Gasteiger partial charge in [0.1, 0.15) is 5.69 Å². The normalized spacial score (nSPS) is 10.5.